The minimum absolute atomic E-state index is 0.222. The molecule has 2 rings (SSSR count). The number of rotatable bonds is 8. The number of nitrogens with zero attached hydrogens (tertiary/aromatic N) is 2. The Morgan fingerprint density at radius 1 is 1.20 bits per heavy atom. The Kier molecular flexibility index (Phi) is 8.13. The van der Waals surface area contributed by atoms with Gasteiger partial charge in [-0.1, -0.05) is 62.0 Å². The fraction of sp³-hybridized carbons (Fsp3) is 0.240. The van der Waals surface area contributed by atoms with E-state index in [4.69, 9.17) is 4.74 Å². The molecule has 0 aliphatic rings. The third-order valence-corrected chi connectivity index (χ3v) is 4.65. The van der Waals surface area contributed by atoms with E-state index in [0.29, 0.717) is 17.6 Å². The Morgan fingerprint density at radius 2 is 1.87 bits per heavy atom. The van der Waals surface area contributed by atoms with Gasteiger partial charge in [0, 0.05) is 6.54 Å². The van der Waals surface area contributed by atoms with Crippen molar-refractivity contribution in [1.82, 2.24) is 4.90 Å². The molecule has 0 radical (unpaired) electrons. The van der Waals surface area contributed by atoms with Crippen molar-refractivity contribution in [3.63, 3.8) is 0 Å². The summed E-state index contributed by atoms with van der Waals surface area (Å²) in [6.07, 6.45) is 3.93. The van der Waals surface area contributed by atoms with Crippen LogP contribution in [0.2, 0.25) is 0 Å². The topological polar surface area (TPSA) is 70.4 Å². The summed E-state index contributed by atoms with van der Waals surface area (Å²) in [7, 11) is 1.30. The average molecular weight is 402 g/mol. The smallest absolute Gasteiger partial charge is 0.332 e. The van der Waals surface area contributed by atoms with E-state index >= 15 is 0 Å². The fourth-order valence-electron chi connectivity index (χ4n) is 3.14. The average Bonchev–Trinajstić information content (AvgIpc) is 2.77. The van der Waals surface area contributed by atoms with Gasteiger partial charge in [0.2, 0.25) is 5.91 Å². The van der Waals surface area contributed by atoms with Crippen molar-refractivity contribution in [2.24, 2.45) is 0 Å². The largest absolute Gasteiger partial charge is 0.467 e. The highest BCUT2D eigenvalue weighted by Gasteiger charge is 2.30. The van der Waals surface area contributed by atoms with Gasteiger partial charge < -0.3 is 9.64 Å². The molecule has 0 N–H and O–H groups in total. The molecule has 5 nitrogen and oxygen atoms in total. The van der Waals surface area contributed by atoms with Crippen molar-refractivity contribution in [1.29, 1.82) is 5.26 Å². The van der Waals surface area contributed by atoms with Gasteiger partial charge in [0.1, 0.15) is 0 Å². The molecule has 0 spiro atoms. The lowest BCUT2D eigenvalue weighted by atomic mass is 9.99. The van der Waals surface area contributed by atoms with Gasteiger partial charge in [0.15, 0.2) is 6.04 Å². The van der Waals surface area contributed by atoms with Crippen molar-refractivity contribution in [3.8, 4) is 17.2 Å². The number of ether oxygens (including phenoxy) is 1. The van der Waals surface area contributed by atoms with Gasteiger partial charge in [-0.2, -0.15) is 5.26 Å². The summed E-state index contributed by atoms with van der Waals surface area (Å²) < 4.78 is 4.90. The second kappa shape index (κ2) is 10.8. The normalized spacial score (nSPS) is 11.5. The Hall–Kier alpha value is -3.65. The molecule has 154 valence electrons. The molecule has 0 aliphatic heterocycles. The molecule has 0 aliphatic carbocycles. The van der Waals surface area contributed by atoms with Crippen molar-refractivity contribution in [3.05, 3.63) is 84.0 Å². The number of methoxy groups -OCH3 is 1. The van der Waals surface area contributed by atoms with Gasteiger partial charge in [-0.05, 0) is 47.8 Å². The number of carbonyl (C=O) groups excluding carboxylic acids is 2. The minimum atomic E-state index is -0.872. The highest BCUT2D eigenvalue weighted by molar-refractivity contribution is 5.92. The first-order chi connectivity index (χ1) is 14.4. The zero-order valence-corrected chi connectivity index (χ0v) is 17.6. The predicted octanol–water partition coefficient (Wildman–Crippen LogP) is 4.64. The molecule has 30 heavy (non-hydrogen) atoms. The van der Waals surface area contributed by atoms with E-state index in [1.54, 1.807) is 19.1 Å². The van der Waals surface area contributed by atoms with Crippen LogP contribution in [0, 0.1) is 11.3 Å². The van der Waals surface area contributed by atoms with Crippen LogP contribution in [0.3, 0.4) is 0 Å². The summed E-state index contributed by atoms with van der Waals surface area (Å²) in [5.74, 6) is -0.811. The van der Waals surface area contributed by atoms with Crippen LogP contribution in [0.15, 0.2) is 72.8 Å². The van der Waals surface area contributed by atoms with Crippen LogP contribution in [0.5, 0.6) is 0 Å². The Labute approximate surface area is 177 Å². The van der Waals surface area contributed by atoms with Gasteiger partial charge >= 0.3 is 5.97 Å². The molecule has 0 saturated carbocycles. The molecule has 2 aromatic carbocycles. The third-order valence-electron chi connectivity index (χ3n) is 4.65. The number of carbonyl (C=O) groups is 2. The number of esters is 1. The lowest BCUT2D eigenvalue weighted by Crippen LogP contribution is -2.45. The molecule has 0 fully saturated rings. The SMILES string of the molecule is C=C(C)C(C(=O)OC)N(Cc1ccc(-c2ccccc2C#N)cc1)C(=O)C=CCC. The van der Waals surface area contributed by atoms with Gasteiger partial charge in [-0.3, -0.25) is 4.79 Å². The van der Waals surface area contributed by atoms with Crippen molar-refractivity contribution >= 4 is 11.9 Å². The first-order valence-corrected chi connectivity index (χ1v) is 9.71. The fourth-order valence-corrected chi connectivity index (χ4v) is 3.14. The van der Waals surface area contributed by atoms with Crippen LogP contribution in [-0.2, 0) is 20.9 Å². The van der Waals surface area contributed by atoms with Crippen molar-refractivity contribution in [2.45, 2.75) is 32.9 Å². The molecule has 5 heteroatoms. The quantitative estimate of drug-likeness (QED) is 0.366. The van der Waals surface area contributed by atoms with Crippen molar-refractivity contribution < 1.29 is 14.3 Å². The molecule has 0 saturated heterocycles. The number of amides is 1. The molecule has 0 bridgehead atoms. The van der Waals surface area contributed by atoms with Crippen molar-refractivity contribution in [2.75, 3.05) is 7.11 Å². The molecular formula is C25H26N2O3. The summed E-state index contributed by atoms with van der Waals surface area (Å²) in [6, 6.07) is 16.3. The van der Waals surface area contributed by atoms with Crippen LogP contribution in [0.25, 0.3) is 11.1 Å². The second-order valence-electron chi connectivity index (χ2n) is 6.90. The maximum atomic E-state index is 12.8. The Balaban J connectivity index is 2.36. The zero-order valence-electron chi connectivity index (χ0n) is 17.6. The molecule has 1 unspecified atom stereocenters. The van der Waals surface area contributed by atoms with Crippen LogP contribution >= 0.6 is 0 Å². The maximum absolute atomic E-state index is 12.8. The van der Waals surface area contributed by atoms with Gasteiger partial charge in [0.05, 0.1) is 18.7 Å². The zero-order chi connectivity index (χ0) is 22.1. The van der Waals surface area contributed by atoms with E-state index < -0.39 is 12.0 Å². The third kappa shape index (κ3) is 5.45. The summed E-state index contributed by atoms with van der Waals surface area (Å²) in [6.45, 7) is 7.73. The van der Waals surface area contributed by atoms with E-state index in [9.17, 15) is 14.9 Å². The number of allylic oxidation sites excluding steroid dienone is 1. The van der Waals surface area contributed by atoms with E-state index in [0.717, 1.165) is 16.7 Å². The van der Waals surface area contributed by atoms with Crippen LogP contribution in [-0.4, -0.2) is 29.9 Å². The first kappa shape index (κ1) is 22.6. The van der Waals surface area contributed by atoms with Crippen LogP contribution in [0.4, 0.5) is 0 Å². The van der Waals surface area contributed by atoms with Crippen LogP contribution in [0.1, 0.15) is 31.4 Å². The van der Waals surface area contributed by atoms with E-state index in [-0.39, 0.29) is 12.5 Å². The van der Waals surface area contributed by atoms with Gasteiger partial charge in [-0.25, -0.2) is 4.79 Å². The van der Waals surface area contributed by atoms with Gasteiger partial charge in [-0.15, -0.1) is 0 Å². The molecule has 0 aromatic heterocycles. The molecule has 1 amide bonds. The van der Waals surface area contributed by atoms with Gasteiger partial charge in [0.25, 0.3) is 0 Å². The summed E-state index contributed by atoms with van der Waals surface area (Å²) in [5.41, 5.74) is 3.73. The lowest BCUT2D eigenvalue weighted by molar-refractivity contribution is -0.150. The summed E-state index contributed by atoms with van der Waals surface area (Å²) in [5, 5.41) is 9.32. The number of hydrogen-bond donors (Lipinski definition) is 0. The molecule has 2 aromatic rings. The number of benzene rings is 2. The van der Waals surface area contributed by atoms with Crippen LogP contribution < -0.4 is 0 Å². The molecular weight excluding hydrogens is 376 g/mol. The number of hydrogen-bond acceptors (Lipinski definition) is 4. The molecule has 0 heterocycles. The summed E-state index contributed by atoms with van der Waals surface area (Å²) >= 11 is 0. The van der Waals surface area contributed by atoms with E-state index in [1.165, 1.54) is 18.1 Å². The highest BCUT2D eigenvalue weighted by atomic mass is 16.5. The number of nitriles is 1. The Bertz CT molecular complexity index is 984. The predicted molar refractivity (Wildman–Crippen MR) is 117 cm³/mol. The first-order valence-electron chi connectivity index (χ1n) is 9.71. The van der Waals surface area contributed by atoms with E-state index in [2.05, 4.69) is 12.6 Å². The minimum Gasteiger partial charge on any atom is -0.467 e. The highest BCUT2D eigenvalue weighted by Crippen LogP contribution is 2.24. The summed E-state index contributed by atoms with van der Waals surface area (Å²) in [4.78, 5) is 26.6. The molecule has 1 atom stereocenters. The monoisotopic (exact) mass is 402 g/mol. The standard InChI is InChI=1S/C25H26N2O3/c1-5-6-11-23(28)27(24(18(2)3)25(29)30-4)17-19-12-14-20(15-13-19)22-10-8-7-9-21(22)16-26/h6-15,24H,2,5,17H2,1,3-4H3. The second-order valence-corrected chi connectivity index (χ2v) is 6.90. The Morgan fingerprint density at radius 3 is 2.43 bits per heavy atom. The maximum Gasteiger partial charge on any atom is 0.332 e. The lowest BCUT2D eigenvalue weighted by Gasteiger charge is -2.29. The van der Waals surface area contributed by atoms with E-state index in [1.807, 2.05) is 49.4 Å².